The second-order valence-corrected chi connectivity index (χ2v) is 5.27. The molecule has 5 nitrogen and oxygen atoms in total. The van der Waals surface area contributed by atoms with E-state index < -0.39 is 15.7 Å². The molecule has 0 fully saturated rings. The Labute approximate surface area is 88.0 Å². The molecule has 82 valence electrons. The van der Waals surface area contributed by atoms with Gasteiger partial charge in [0.15, 0.2) is 9.84 Å². The number of primary amides is 1. The molecule has 0 unspecified atom stereocenters. The van der Waals surface area contributed by atoms with Gasteiger partial charge in [0.25, 0.3) is 0 Å². The van der Waals surface area contributed by atoms with Crippen molar-refractivity contribution in [1.82, 2.24) is 0 Å². The summed E-state index contributed by atoms with van der Waals surface area (Å²) in [6, 6.07) is 3.96. The van der Waals surface area contributed by atoms with Crippen LogP contribution in [0.1, 0.15) is 17.3 Å². The number of carbonyl (C=O) groups excluding carboxylic acids is 1. The van der Waals surface area contributed by atoms with E-state index in [1.807, 2.05) is 0 Å². The van der Waals surface area contributed by atoms with Crippen LogP contribution in [-0.2, 0) is 9.84 Å². The molecule has 1 aromatic rings. The number of benzene rings is 1. The molecule has 0 aromatic heterocycles. The SMILES string of the molecule is CCS(=O)(=O)c1cc(C(N)=O)ccc1N. The van der Waals surface area contributed by atoms with Crippen LogP contribution in [0.3, 0.4) is 0 Å². The summed E-state index contributed by atoms with van der Waals surface area (Å²) in [6.07, 6.45) is 0. The van der Waals surface area contributed by atoms with Gasteiger partial charge in [-0.05, 0) is 18.2 Å². The highest BCUT2D eigenvalue weighted by atomic mass is 32.2. The van der Waals surface area contributed by atoms with Gasteiger partial charge in [0, 0.05) is 5.56 Å². The fourth-order valence-corrected chi connectivity index (χ4v) is 2.16. The summed E-state index contributed by atoms with van der Waals surface area (Å²) in [7, 11) is -3.42. The third kappa shape index (κ3) is 2.27. The zero-order valence-corrected chi connectivity index (χ0v) is 9.04. The number of sulfone groups is 1. The zero-order chi connectivity index (χ0) is 11.6. The fraction of sp³-hybridized carbons (Fsp3) is 0.222. The van der Waals surface area contributed by atoms with Crippen LogP contribution >= 0.6 is 0 Å². The summed E-state index contributed by atoms with van der Waals surface area (Å²) in [4.78, 5) is 10.8. The molecule has 6 heteroatoms. The van der Waals surface area contributed by atoms with Crippen molar-refractivity contribution >= 4 is 21.4 Å². The van der Waals surface area contributed by atoms with Crippen molar-refractivity contribution in [1.29, 1.82) is 0 Å². The molecule has 0 heterocycles. The van der Waals surface area contributed by atoms with E-state index in [9.17, 15) is 13.2 Å². The molecule has 0 saturated heterocycles. The standard InChI is InChI=1S/C9H12N2O3S/c1-2-15(13,14)8-5-6(9(11)12)3-4-7(8)10/h3-5H,2,10H2,1H3,(H2,11,12). The Morgan fingerprint density at radius 1 is 1.40 bits per heavy atom. The number of hydrogen-bond acceptors (Lipinski definition) is 4. The van der Waals surface area contributed by atoms with E-state index >= 15 is 0 Å². The Morgan fingerprint density at radius 3 is 2.47 bits per heavy atom. The summed E-state index contributed by atoms with van der Waals surface area (Å²) < 4.78 is 23.1. The van der Waals surface area contributed by atoms with Crippen molar-refractivity contribution in [2.45, 2.75) is 11.8 Å². The lowest BCUT2D eigenvalue weighted by Gasteiger charge is -2.06. The van der Waals surface area contributed by atoms with Gasteiger partial charge in [0.1, 0.15) is 0 Å². The molecule has 15 heavy (non-hydrogen) atoms. The summed E-state index contributed by atoms with van der Waals surface area (Å²) in [5.74, 6) is -0.748. The van der Waals surface area contributed by atoms with Gasteiger partial charge in [-0.2, -0.15) is 0 Å². The molecule has 0 radical (unpaired) electrons. The first kappa shape index (κ1) is 11.5. The fourth-order valence-electron chi connectivity index (χ4n) is 1.11. The smallest absolute Gasteiger partial charge is 0.248 e. The Kier molecular flexibility index (Phi) is 2.99. The lowest BCUT2D eigenvalue weighted by Crippen LogP contribution is -2.14. The van der Waals surface area contributed by atoms with Crippen LogP contribution in [0.25, 0.3) is 0 Å². The van der Waals surface area contributed by atoms with Crippen LogP contribution in [0, 0.1) is 0 Å². The third-order valence-electron chi connectivity index (χ3n) is 2.01. The Balaban J connectivity index is 3.42. The van der Waals surface area contributed by atoms with Crippen LogP contribution in [0.4, 0.5) is 5.69 Å². The van der Waals surface area contributed by atoms with Gasteiger partial charge in [-0.25, -0.2) is 8.42 Å². The van der Waals surface area contributed by atoms with Crippen LogP contribution in [0.2, 0.25) is 0 Å². The molecule has 1 amide bonds. The Morgan fingerprint density at radius 2 is 2.00 bits per heavy atom. The maximum Gasteiger partial charge on any atom is 0.248 e. The molecule has 0 saturated carbocycles. The molecule has 0 aliphatic rings. The van der Waals surface area contributed by atoms with Crippen molar-refractivity contribution in [3.05, 3.63) is 23.8 Å². The highest BCUT2D eigenvalue weighted by Gasteiger charge is 2.16. The first-order valence-corrected chi connectivity index (χ1v) is 5.96. The highest BCUT2D eigenvalue weighted by Crippen LogP contribution is 2.20. The number of carbonyl (C=O) groups is 1. The van der Waals surface area contributed by atoms with Crippen LogP contribution < -0.4 is 11.5 Å². The number of nitrogen functional groups attached to an aromatic ring is 1. The molecule has 0 bridgehead atoms. The van der Waals surface area contributed by atoms with E-state index in [2.05, 4.69) is 0 Å². The number of nitrogens with two attached hydrogens (primary N) is 2. The molecular weight excluding hydrogens is 216 g/mol. The average Bonchev–Trinajstić information content (AvgIpc) is 2.17. The summed E-state index contributed by atoms with van der Waals surface area (Å²) in [6.45, 7) is 1.51. The maximum absolute atomic E-state index is 11.6. The van der Waals surface area contributed by atoms with Crippen molar-refractivity contribution < 1.29 is 13.2 Å². The molecule has 4 N–H and O–H groups in total. The van der Waals surface area contributed by atoms with E-state index in [1.54, 1.807) is 0 Å². The van der Waals surface area contributed by atoms with Gasteiger partial charge in [-0.1, -0.05) is 6.92 Å². The maximum atomic E-state index is 11.6. The molecule has 0 atom stereocenters. The van der Waals surface area contributed by atoms with Gasteiger partial charge in [-0.3, -0.25) is 4.79 Å². The van der Waals surface area contributed by atoms with E-state index in [4.69, 9.17) is 11.5 Å². The lowest BCUT2D eigenvalue weighted by atomic mass is 10.2. The topological polar surface area (TPSA) is 103 Å². The van der Waals surface area contributed by atoms with Gasteiger partial charge in [-0.15, -0.1) is 0 Å². The monoisotopic (exact) mass is 228 g/mol. The van der Waals surface area contributed by atoms with E-state index in [1.165, 1.54) is 25.1 Å². The molecule has 1 aromatic carbocycles. The van der Waals surface area contributed by atoms with Gasteiger partial charge in [0.05, 0.1) is 16.3 Å². The first-order chi connectivity index (χ1) is 6.88. The largest absolute Gasteiger partial charge is 0.398 e. The quantitative estimate of drug-likeness (QED) is 0.719. The third-order valence-corrected chi connectivity index (χ3v) is 3.80. The van der Waals surface area contributed by atoms with E-state index in [-0.39, 0.29) is 21.9 Å². The summed E-state index contributed by atoms with van der Waals surface area (Å²) in [5, 5.41) is 0. The van der Waals surface area contributed by atoms with Gasteiger partial charge >= 0.3 is 0 Å². The Bertz CT molecular complexity index is 494. The average molecular weight is 228 g/mol. The van der Waals surface area contributed by atoms with Crippen LogP contribution in [0.5, 0.6) is 0 Å². The predicted molar refractivity (Wildman–Crippen MR) is 57.1 cm³/mol. The van der Waals surface area contributed by atoms with E-state index in [0.717, 1.165) is 0 Å². The normalized spacial score (nSPS) is 11.3. The number of hydrogen-bond donors (Lipinski definition) is 2. The van der Waals surface area contributed by atoms with Gasteiger partial charge < -0.3 is 11.5 Å². The predicted octanol–water partition coefficient (Wildman–Crippen LogP) is 0.161. The van der Waals surface area contributed by atoms with Gasteiger partial charge in [0.2, 0.25) is 5.91 Å². The molecule has 0 aliphatic carbocycles. The van der Waals surface area contributed by atoms with Crippen LogP contribution in [-0.4, -0.2) is 20.1 Å². The van der Waals surface area contributed by atoms with Crippen molar-refractivity contribution in [3.8, 4) is 0 Å². The molecular formula is C9H12N2O3S. The summed E-state index contributed by atoms with van der Waals surface area (Å²) >= 11 is 0. The second-order valence-electron chi connectivity index (χ2n) is 3.02. The minimum absolute atomic E-state index is 0.0405. The van der Waals surface area contributed by atoms with Crippen LogP contribution in [0.15, 0.2) is 23.1 Å². The van der Waals surface area contributed by atoms with Crippen molar-refractivity contribution in [2.24, 2.45) is 5.73 Å². The molecule has 1 rings (SSSR count). The molecule has 0 spiro atoms. The van der Waals surface area contributed by atoms with E-state index in [0.29, 0.717) is 0 Å². The molecule has 0 aliphatic heterocycles. The first-order valence-electron chi connectivity index (χ1n) is 4.30. The zero-order valence-electron chi connectivity index (χ0n) is 8.23. The lowest BCUT2D eigenvalue weighted by molar-refractivity contribution is 0.1000. The van der Waals surface area contributed by atoms with Crippen molar-refractivity contribution in [3.63, 3.8) is 0 Å². The minimum Gasteiger partial charge on any atom is -0.398 e. The second kappa shape index (κ2) is 3.90. The summed E-state index contributed by atoms with van der Waals surface area (Å²) in [5.41, 5.74) is 10.8. The van der Waals surface area contributed by atoms with Crippen molar-refractivity contribution in [2.75, 3.05) is 11.5 Å². The minimum atomic E-state index is -3.42. The number of rotatable bonds is 3. The number of anilines is 1. The number of amides is 1. The highest BCUT2D eigenvalue weighted by molar-refractivity contribution is 7.91. The Hall–Kier alpha value is -1.56.